The quantitative estimate of drug-likeness (QED) is 0.770. The molecule has 4 nitrogen and oxygen atoms in total. The Hall–Kier alpha value is -0.840. The van der Waals surface area contributed by atoms with Crippen molar-refractivity contribution in [1.82, 2.24) is 10.3 Å². The van der Waals surface area contributed by atoms with Gasteiger partial charge < -0.3 is 15.8 Å². The number of ether oxygens (including phenoxy) is 1. The van der Waals surface area contributed by atoms with Gasteiger partial charge in [-0.2, -0.15) is 0 Å². The number of anilines is 1. The van der Waals surface area contributed by atoms with E-state index in [1.807, 2.05) is 13.0 Å². The van der Waals surface area contributed by atoms with Gasteiger partial charge >= 0.3 is 0 Å². The molecule has 0 spiro atoms. The average Bonchev–Trinajstić information content (AvgIpc) is 2.39. The number of nitrogens with two attached hydrogens (primary N) is 1. The summed E-state index contributed by atoms with van der Waals surface area (Å²) < 4.78 is 5.86. The molecule has 19 heavy (non-hydrogen) atoms. The lowest BCUT2D eigenvalue weighted by atomic mass is 9.98. The highest BCUT2D eigenvalue weighted by atomic mass is 35.5. The normalized spacial score (nSPS) is 14.3. The van der Waals surface area contributed by atoms with E-state index >= 15 is 0 Å². The first-order valence-electron chi connectivity index (χ1n) is 6.89. The second kappa shape index (κ2) is 8.35. The van der Waals surface area contributed by atoms with Crippen LogP contribution in [0.2, 0.25) is 5.02 Å². The first-order valence-corrected chi connectivity index (χ1v) is 7.27. The zero-order valence-electron chi connectivity index (χ0n) is 11.9. The lowest BCUT2D eigenvalue weighted by Crippen LogP contribution is -2.34. The molecule has 1 aromatic heterocycles. The summed E-state index contributed by atoms with van der Waals surface area (Å²) in [6.45, 7) is 7.74. The van der Waals surface area contributed by atoms with Crippen molar-refractivity contribution in [2.45, 2.75) is 45.8 Å². The summed E-state index contributed by atoms with van der Waals surface area (Å²) in [5.41, 5.74) is 6.90. The molecule has 0 aromatic carbocycles. The predicted molar refractivity (Wildman–Crippen MR) is 80.4 cm³/mol. The lowest BCUT2D eigenvalue weighted by Gasteiger charge is -2.28. The number of hydrogen-bond acceptors (Lipinski definition) is 4. The molecule has 0 amide bonds. The molecule has 0 fully saturated rings. The maximum absolute atomic E-state index is 6.03. The molecule has 0 saturated heterocycles. The third-order valence-electron chi connectivity index (χ3n) is 3.00. The van der Waals surface area contributed by atoms with Gasteiger partial charge in [0.2, 0.25) is 0 Å². The molecule has 3 N–H and O–H groups in total. The van der Waals surface area contributed by atoms with Crippen molar-refractivity contribution in [3.05, 3.63) is 22.8 Å². The summed E-state index contributed by atoms with van der Waals surface area (Å²) in [7, 11) is 0. The van der Waals surface area contributed by atoms with E-state index in [1.165, 1.54) is 0 Å². The highest BCUT2D eigenvalue weighted by molar-refractivity contribution is 6.30. The van der Waals surface area contributed by atoms with Gasteiger partial charge in [-0.25, -0.2) is 4.98 Å². The third kappa shape index (κ3) is 4.64. The Kier molecular flexibility index (Phi) is 7.13. The molecule has 0 aliphatic carbocycles. The van der Waals surface area contributed by atoms with Crippen LogP contribution in [0.4, 0.5) is 5.82 Å². The van der Waals surface area contributed by atoms with E-state index in [0.29, 0.717) is 17.4 Å². The van der Waals surface area contributed by atoms with Crippen LogP contribution >= 0.6 is 11.6 Å². The fraction of sp³-hybridized carbons (Fsp3) is 0.643. The molecule has 0 aliphatic heterocycles. The third-order valence-corrected chi connectivity index (χ3v) is 3.21. The first kappa shape index (κ1) is 16.2. The minimum Gasteiger partial charge on any atom is -0.383 e. The summed E-state index contributed by atoms with van der Waals surface area (Å²) in [5.74, 6) is 0.510. The van der Waals surface area contributed by atoms with Crippen molar-refractivity contribution in [2.24, 2.45) is 0 Å². The van der Waals surface area contributed by atoms with Crippen LogP contribution in [0, 0.1) is 0 Å². The van der Waals surface area contributed by atoms with E-state index in [0.717, 1.165) is 24.9 Å². The Morgan fingerprint density at radius 1 is 1.42 bits per heavy atom. The number of nitrogen functional groups attached to an aromatic ring is 1. The standard InChI is InChI=1S/C14H24ClN3O/c1-4-7-12(19-6-3)13(17-5-2)11-8-10(15)9-18-14(11)16/h8-9,12-13,17H,4-7H2,1-3H3,(H2,16,18). The number of hydrogen-bond donors (Lipinski definition) is 2. The fourth-order valence-corrected chi connectivity index (χ4v) is 2.39. The molecule has 1 aromatic rings. The molecule has 1 heterocycles. The van der Waals surface area contributed by atoms with Crippen molar-refractivity contribution in [2.75, 3.05) is 18.9 Å². The Balaban J connectivity index is 3.05. The van der Waals surface area contributed by atoms with E-state index in [9.17, 15) is 0 Å². The molecular weight excluding hydrogens is 262 g/mol. The van der Waals surface area contributed by atoms with Crippen molar-refractivity contribution in [3.63, 3.8) is 0 Å². The van der Waals surface area contributed by atoms with Crippen LogP contribution in [0.1, 0.15) is 45.2 Å². The van der Waals surface area contributed by atoms with Gasteiger partial charge in [0.25, 0.3) is 0 Å². The molecule has 0 aliphatic rings. The second-order valence-electron chi connectivity index (χ2n) is 4.45. The minimum atomic E-state index is 0.0242. The van der Waals surface area contributed by atoms with Crippen LogP contribution in [-0.2, 0) is 4.74 Å². The van der Waals surface area contributed by atoms with E-state index < -0.39 is 0 Å². The number of likely N-dealkylation sites (N-methyl/N-ethyl adjacent to an activating group) is 1. The highest BCUT2D eigenvalue weighted by Crippen LogP contribution is 2.28. The summed E-state index contributed by atoms with van der Waals surface area (Å²) in [4.78, 5) is 4.13. The second-order valence-corrected chi connectivity index (χ2v) is 4.88. The molecule has 108 valence electrons. The summed E-state index contributed by atoms with van der Waals surface area (Å²) in [6.07, 6.45) is 3.68. The zero-order chi connectivity index (χ0) is 14.3. The summed E-state index contributed by atoms with van der Waals surface area (Å²) >= 11 is 6.03. The molecule has 0 bridgehead atoms. The number of nitrogens with zero attached hydrogens (tertiary/aromatic N) is 1. The molecule has 2 atom stereocenters. The highest BCUT2D eigenvalue weighted by Gasteiger charge is 2.24. The Morgan fingerprint density at radius 3 is 2.74 bits per heavy atom. The topological polar surface area (TPSA) is 60.2 Å². The predicted octanol–water partition coefficient (Wildman–Crippen LogP) is 3.17. The summed E-state index contributed by atoms with van der Waals surface area (Å²) in [6, 6.07) is 1.90. The van der Waals surface area contributed by atoms with Gasteiger partial charge in [-0.3, -0.25) is 0 Å². The van der Waals surface area contributed by atoms with Crippen molar-refractivity contribution in [3.8, 4) is 0 Å². The first-order chi connectivity index (χ1) is 9.13. The van der Waals surface area contributed by atoms with E-state index in [4.69, 9.17) is 22.1 Å². The van der Waals surface area contributed by atoms with E-state index in [2.05, 4.69) is 24.1 Å². The fourth-order valence-electron chi connectivity index (χ4n) is 2.22. The van der Waals surface area contributed by atoms with Gasteiger partial charge in [0.1, 0.15) is 5.82 Å². The largest absolute Gasteiger partial charge is 0.383 e. The Bertz CT molecular complexity index is 381. The molecule has 2 unspecified atom stereocenters. The van der Waals surface area contributed by atoms with Gasteiger partial charge in [0.05, 0.1) is 17.2 Å². The minimum absolute atomic E-state index is 0.0242. The van der Waals surface area contributed by atoms with Crippen molar-refractivity contribution < 1.29 is 4.74 Å². The van der Waals surface area contributed by atoms with Crippen molar-refractivity contribution >= 4 is 17.4 Å². The van der Waals surface area contributed by atoms with Gasteiger partial charge in [-0.15, -0.1) is 0 Å². The number of rotatable bonds is 8. The maximum atomic E-state index is 6.03. The molecule has 5 heteroatoms. The number of nitrogens with one attached hydrogen (secondary N) is 1. The van der Waals surface area contributed by atoms with Gasteiger partial charge in [0, 0.05) is 18.4 Å². The number of halogens is 1. The monoisotopic (exact) mass is 285 g/mol. The van der Waals surface area contributed by atoms with Crippen molar-refractivity contribution in [1.29, 1.82) is 0 Å². The number of aromatic nitrogens is 1. The lowest BCUT2D eigenvalue weighted by molar-refractivity contribution is 0.0281. The zero-order valence-corrected chi connectivity index (χ0v) is 12.7. The van der Waals surface area contributed by atoms with Crippen LogP contribution in [-0.4, -0.2) is 24.2 Å². The Labute approximate surface area is 120 Å². The maximum Gasteiger partial charge on any atom is 0.128 e. The summed E-state index contributed by atoms with van der Waals surface area (Å²) in [5, 5.41) is 4.03. The van der Waals surface area contributed by atoms with Crippen LogP contribution in [0.15, 0.2) is 12.3 Å². The van der Waals surface area contributed by atoms with E-state index in [1.54, 1.807) is 6.20 Å². The molecule has 0 radical (unpaired) electrons. The van der Waals surface area contributed by atoms with Gasteiger partial charge in [-0.1, -0.05) is 31.9 Å². The average molecular weight is 286 g/mol. The van der Waals surface area contributed by atoms with E-state index in [-0.39, 0.29) is 12.1 Å². The van der Waals surface area contributed by atoms with Crippen LogP contribution in [0.5, 0.6) is 0 Å². The van der Waals surface area contributed by atoms with Crippen LogP contribution in [0.3, 0.4) is 0 Å². The Morgan fingerprint density at radius 2 is 2.16 bits per heavy atom. The van der Waals surface area contributed by atoms with Gasteiger partial charge in [0.15, 0.2) is 0 Å². The van der Waals surface area contributed by atoms with Crippen LogP contribution in [0.25, 0.3) is 0 Å². The SMILES string of the molecule is CCCC(OCC)C(NCC)c1cc(Cl)cnc1N. The van der Waals surface area contributed by atoms with Crippen LogP contribution < -0.4 is 11.1 Å². The van der Waals surface area contributed by atoms with Gasteiger partial charge in [-0.05, 0) is 26.0 Å². The number of pyridine rings is 1. The molecule has 1 rings (SSSR count). The molecule has 0 saturated carbocycles. The molecular formula is C14H24ClN3O. The smallest absolute Gasteiger partial charge is 0.128 e.